The Morgan fingerprint density at radius 3 is 1.89 bits per heavy atom. The van der Waals surface area contributed by atoms with Gasteiger partial charge in [0.2, 0.25) is 0 Å². The third kappa shape index (κ3) is 10.3. The number of carbonyl (C=O) groups is 1. The zero-order valence-electron chi connectivity index (χ0n) is 36.6. The fourth-order valence-corrected chi connectivity index (χ4v) is 10.6. The van der Waals surface area contributed by atoms with Gasteiger partial charge in [-0.2, -0.15) is 10.5 Å². The number of aromatic amines is 2. The summed E-state index contributed by atoms with van der Waals surface area (Å²) in [7, 11) is 0. The molecule has 0 unspecified atom stereocenters. The zero-order valence-corrected chi connectivity index (χ0v) is 38.7. The molecule has 0 amide bonds. The second-order valence-corrected chi connectivity index (χ2v) is 18.1. The Labute approximate surface area is 376 Å². The number of carbonyl (C=O) groups excluding carboxylic acids is 1. The molecule has 2 aliphatic heterocycles. The highest BCUT2D eigenvalue weighted by Crippen LogP contribution is 2.50. The maximum atomic E-state index is 12.6. The van der Waals surface area contributed by atoms with Crippen molar-refractivity contribution < 1.29 is 14.3 Å². The number of halogens is 1. The number of para-hydroxylation sites is 2. The molecule has 322 valence electrons. The highest BCUT2D eigenvalue weighted by molar-refractivity contribution is 14.1. The van der Waals surface area contributed by atoms with Gasteiger partial charge in [0.1, 0.15) is 12.7 Å². The van der Waals surface area contributed by atoms with Crippen LogP contribution in [0, 0.1) is 37.3 Å². The molecular weight excluding hydrogens is 872 g/mol. The van der Waals surface area contributed by atoms with Crippen molar-refractivity contribution >= 4 is 50.4 Å². The molecule has 0 saturated heterocycles. The predicted octanol–water partition coefficient (Wildman–Crippen LogP) is 11.9. The van der Waals surface area contributed by atoms with Gasteiger partial charge < -0.3 is 29.2 Å². The molecule has 3 atom stereocenters. The van der Waals surface area contributed by atoms with E-state index in [1.54, 1.807) is 6.08 Å². The molecule has 0 saturated carbocycles. The molecule has 61 heavy (non-hydrogen) atoms. The number of aromatic nitrogens is 2. The molecule has 2 aromatic heterocycles. The first-order valence-electron chi connectivity index (χ1n) is 22.3. The second kappa shape index (κ2) is 21.3. The number of fused-ring (bicyclic) bond motifs is 6. The van der Waals surface area contributed by atoms with Crippen LogP contribution in [0.25, 0.3) is 21.8 Å². The number of hydrogen-bond donors (Lipinski definition) is 2. The third-order valence-corrected chi connectivity index (χ3v) is 15.0. The van der Waals surface area contributed by atoms with Crippen LogP contribution in [0.5, 0.6) is 0 Å². The lowest BCUT2D eigenvalue weighted by molar-refractivity contribution is -0.146. The van der Waals surface area contributed by atoms with Crippen LogP contribution >= 0.6 is 22.6 Å². The van der Waals surface area contributed by atoms with E-state index in [0.29, 0.717) is 13.0 Å². The van der Waals surface area contributed by atoms with E-state index in [1.165, 1.54) is 42.4 Å². The highest BCUT2D eigenvalue weighted by Gasteiger charge is 2.42. The van der Waals surface area contributed by atoms with Crippen LogP contribution in [-0.2, 0) is 33.7 Å². The van der Waals surface area contributed by atoms with Gasteiger partial charge in [0, 0.05) is 74.3 Å². The lowest BCUT2D eigenvalue weighted by atomic mass is 9.66. The van der Waals surface area contributed by atoms with Crippen molar-refractivity contribution in [3.8, 4) is 12.4 Å². The lowest BCUT2D eigenvalue weighted by Gasteiger charge is -2.41. The average Bonchev–Trinajstić information content (AvgIpc) is 3.85. The van der Waals surface area contributed by atoms with Gasteiger partial charge in [0.05, 0.1) is 13.0 Å². The predicted molar refractivity (Wildman–Crippen MR) is 253 cm³/mol. The first kappa shape index (κ1) is 45.7. The molecule has 0 aliphatic carbocycles. The average molecular weight is 935 g/mol. The summed E-state index contributed by atoms with van der Waals surface area (Å²) in [6.07, 6.45) is 15.2. The van der Waals surface area contributed by atoms with Crippen molar-refractivity contribution in [2.24, 2.45) is 10.8 Å². The van der Waals surface area contributed by atoms with Gasteiger partial charge in [-0.05, 0) is 121 Å². The van der Waals surface area contributed by atoms with E-state index in [1.807, 2.05) is 15.9 Å². The molecule has 2 aliphatic rings. The van der Waals surface area contributed by atoms with Crippen LogP contribution < -0.4 is 0 Å². The van der Waals surface area contributed by atoms with Crippen LogP contribution in [-0.4, -0.2) is 58.5 Å². The van der Waals surface area contributed by atoms with Crippen molar-refractivity contribution in [2.45, 2.75) is 111 Å². The van der Waals surface area contributed by atoms with Crippen LogP contribution in [0.4, 0.5) is 0 Å². The first-order valence-corrected chi connectivity index (χ1v) is 23.3. The zero-order chi connectivity index (χ0) is 43.4. The van der Waals surface area contributed by atoms with Gasteiger partial charge in [0.15, 0.2) is 12.4 Å². The maximum Gasteiger partial charge on any atom is 0.306 e. The number of hydrogen-bond acceptors (Lipinski definition) is 7. The topological polar surface area (TPSA) is 121 Å². The third-order valence-electron chi connectivity index (χ3n) is 13.9. The van der Waals surface area contributed by atoms with Crippen LogP contribution in [0.3, 0.4) is 0 Å². The van der Waals surface area contributed by atoms with E-state index in [4.69, 9.17) is 9.47 Å². The van der Waals surface area contributed by atoms with Crippen LogP contribution in [0.15, 0.2) is 85.5 Å². The van der Waals surface area contributed by atoms with Crippen molar-refractivity contribution in [3.05, 3.63) is 117 Å². The molecule has 9 nitrogen and oxygen atoms in total. The lowest BCUT2D eigenvalue weighted by Crippen LogP contribution is -2.34. The maximum absolute atomic E-state index is 12.6. The quantitative estimate of drug-likeness (QED) is 0.0619. The van der Waals surface area contributed by atoms with E-state index >= 15 is 0 Å². The molecule has 7 rings (SSSR count). The minimum Gasteiger partial charge on any atom is -0.461 e. The monoisotopic (exact) mass is 934 g/mol. The molecular formula is C51H63IN6O3. The highest BCUT2D eigenvalue weighted by atomic mass is 127. The number of rotatable bonds is 10. The number of ether oxygens (including phenoxy) is 2. The smallest absolute Gasteiger partial charge is 0.306 e. The number of benzene rings is 3. The van der Waals surface area contributed by atoms with Crippen molar-refractivity contribution in [3.63, 3.8) is 0 Å². The number of nitrogens with zero attached hydrogens (tertiary/aromatic N) is 4. The second-order valence-electron chi connectivity index (χ2n) is 16.9. The molecule has 5 aromatic rings. The van der Waals surface area contributed by atoms with Crippen molar-refractivity contribution in [1.82, 2.24) is 19.8 Å². The Bertz CT molecular complexity index is 2330. The summed E-state index contributed by atoms with van der Waals surface area (Å²) in [6.45, 7) is 16.5. The molecule has 4 heterocycles. The fraction of sp³-hybridized carbons (Fsp3) is 0.471. The van der Waals surface area contributed by atoms with Crippen molar-refractivity contribution in [1.29, 1.82) is 10.5 Å². The minimum absolute atomic E-state index is 0.00968. The Morgan fingerprint density at radius 1 is 0.803 bits per heavy atom. The minimum atomic E-state index is -0.216. The molecule has 10 heteroatoms. The summed E-state index contributed by atoms with van der Waals surface area (Å²) in [4.78, 5) is 23.8. The largest absolute Gasteiger partial charge is 0.461 e. The summed E-state index contributed by atoms with van der Waals surface area (Å²) < 4.78 is 13.5. The van der Waals surface area contributed by atoms with Gasteiger partial charge >= 0.3 is 5.97 Å². The fourth-order valence-electron chi connectivity index (χ4n) is 10.1. The molecule has 0 fully saturated rings. The van der Waals surface area contributed by atoms with Gasteiger partial charge in [0.25, 0.3) is 0 Å². The van der Waals surface area contributed by atoms with E-state index < -0.39 is 0 Å². The Morgan fingerprint density at radius 2 is 1.33 bits per heavy atom. The Kier molecular flexibility index (Phi) is 16.0. The number of esters is 1. The van der Waals surface area contributed by atoms with Crippen LogP contribution in [0.2, 0.25) is 0 Å². The summed E-state index contributed by atoms with van der Waals surface area (Å²) in [6, 6.07) is 25.4. The van der Waals surface area contributed by atoms with Gasteiger partial charge in [-0.3, -0.25) is 4.79 Å². The molecule has 0 bridgehead atoms. The normalized spacial score (nSPS) is 20.6. The van der Waals surface area contributed by atoms with E-state index in [2.05, 4.69) is 146 Å². The Balaban J connectivity index is 0.000000205. The van der Waals surface area contributed by atoms with Gasteiger partial charge in [-0.15, -0.1) is 0 Å². The first-order chi connectivity index (χ1) is 29.7. The van der Waals surface area contributed by atoms with Gasteiger partial charge in [-0.25, -0.2) is 0 Å². The SMILES string of the molecule is C=CCOC(=O)C[C@]1(CC)CCCN(C#N)CCc2c([nH]c3ccccc23)[C@@H]1C.CCC1(CC)CCCN(C#N)CCc2c([nH]c3ccccc23)[C@@H]1OCc1ccccc1I. The molecule has 3 aromatic carbocycles. The van der Waals surface area contributed by atoms with Crippen molar-refractivity contribution in [2.75, 3.05) is 32.8 Å². The number of nitrogens with one attached hydrogen (secondary N) is 2. The molecule has 0 spiro atoms. The Hall–Kier alpha value is -4.78. The summed E-state index contributed by atoms with van der Waals surface area (Å²) in [5.41, 5.74) is 8.30. The summed E-state index contributed by atoms with van der Waals surface area (Å²) in [5.74, 6) is 0.00489. The number of nitriles is 2. The number of H-pyrrole nitrogens is 2. The molecule has 2 N–H and O–H groups in total. The van der Waals surface area contributed by atoms with E-state index in [9.17, 15) is 15.3 Å². The standard InChI is InChI=1S/C27H32IN3O.C24H31N3O2/c1-3-27(4-2)15-9-16-31(19-29)17-14-22-21-11-6-8-13-24(21)30-25(22)26(27)32-18-20-10-5-7-12-23(20)28;1-4-15-29-22(28)16-24(5-2)12-8-13-27(17-25)14-11-20-19-9-6-7-10-21(19)26-23(20)18(24)3/h5-8,10-13,26,30H,3-4,9,14-18H2,1-2H3;4,6-7,9-10,18,26H,1,5,8,11-16H2,2-3H3/t26-;18-,24-/m00/s1. The van der Waals surface area contributed by atoms with Crippen LogP contribution in [0.1, 0.15) is 119 Å². The molecule has 0 radical (unpaired) electrons. The van der Waals surface area contributed by atoms with Gasteiger partial charge in [-0.1, -0.05) is 94.9 Å². The summed E-state index contributed by atoms with van der Waals surface area (Å²) >= 11 is 2.40. The van der Waals surface area contributed by atoms with E-state index in [0.717, 1.165) is 95.0 Å². The summed E-state index contributed by atoms with van der Waals surface area (Å²) in [5, 5.41) is 21.7. The van der Waals surface area contributed by atoms with E-state index in [-0.39, 0.29) is 35.4 Å².